The van der Waals surface area contributed by atoms with Crippen LogP contribution in [0.25, 0.3) is 16.5 Å². The number of morpholine rings is 1. The number of aromatic nitrogens is 3. The molecule has 0 radical (unpaired) electrons. The Morgan fingerprint density at radius 3 is 2.54 bits per heavy atom. The van der Waals surface area contributed by atoms with Gasteiger partial charge in [0.05, 0.1) is 38.5 Å². The molecule has 1 aliphatic heterocycles. The molecule has 3 heterocycles. The lowest BCUT2D eigenvalue weighted by Gasteiger charge is -2.48. The van der Waals surface area contributed by atoms with Gasteiger partial charge in [-0.05, 0) is 25.0 Å². The Morgan fingerprint density at radius 2 is 1.83 bits per heavy atom. The fourth-order valence-corrected chi connectivity index (χ4v) is 5.58. The third-order valence-electron chi connectivity index (χ3n) is 7.51. The number of hydrogen-bond donors (Lipinski definition) is 3. The molecule has 2 fully saturated rings. The summed E-state index contributed by atoms with van der Waals surface area (Å²) in [6.07, 6.45) is 7.96. The second kappa shape index (κ2) is 9.79. The minimum atomic E-state index is 0.0773. The predicted molar refractivity (Wildman–Crippen MR) is 137 cm³/mol. The van der Waals surface area contributed by atoms with Gasteiger partial charge in [0.1, 0.15) is 17.3 Å². The standard InChI is InChI=1S/C25H35N7O3/c1-33-17-6-7-19(20(14-17)34-2)32-15-18-21(23(32)27)24(30-29-22(18)26)28-16-25(8-4-3-5-9-25)31-10-12-35-13-11-31/h6-7,14-15H,3-5,8-13,16,27H2,1-2H3,(H2,26,29)(H,28,30). The van der Waals surface area contributed by atoms with Crippen molar-refractivity contribution in [2.75, 3.05) is 63.9 Å². The van der Waals surface area contributed by atoms with E-state index in [0.717, 1.165) is 62.1 Å². The molecule has 1 saturated heterocycles. The summed E-state index contributed by atoms with van der Waals surface area (Å²) >= 11 is 0. The Kier molecular flexibility index (Phi) is 6.57. The highest BCUT2D eigenvalue weighted by Gasteiger charge is 2.38. The Balaban J connectivity index is 1.51. The van der Waals surface area contributed by atoms with Crippen molar-refractivity contribution < 1.29 is 14.2 Å². The van der Waals surface area contributed by atoms with Gasteiger partial charge >= 0.3 is 0 Å². The van der Waals surface area contributed by atoms with Crippen molar-refractivity contribution >= 4 is 28.2 Å². The Bertz CT molecular complexity index is 1180. The lowest BCUT2D eigenvalue weighted by Crippen LogP contribution is -2.58. The van der Waals surface area contributed by atoms with Gasteiger partial charge in [-0.25, -0.2) is 0 Å². The van der Waals surface area contributed by atoms with Gasteiger partial charge < -0.3 is 31.0 Å². The summed E-state index contributed by atoms with van der Waals surface area (Å²) in [5, 5.41) is 13.8. The van der Waals surface area contributed by atoms with Crippen LogP contribution < -0.4 is 26.3 Å². The number of rotatable bonds is 7. The summed E-state index contributed by atoms with van der Waals surface area (Å²) in [7, 11) is 3.25. The molecule has 0 amide bonds. The molecule has 1 saturated carbocycles. The van der Waals surface area contributed by atoms with Crippen molar-refractivity contribution in [1.29, 1.82) is 0 Å². The molecule has 1 aliphatic carbocycles. The largest absolute Gasteiger partial charge is 0.497 e. The Morgan fingerprint density at radius 1 is 1.06 bits per heavy atom. The summed E-state index contributed by atoms with van der Waals surface area (Å²) in [5.41, 5.74) is 13.8. The summed E-state index contributed by atoms with van der Waals surface area (Å²) in [4.78, 5) is 2.60. The van der Waals surface area contributed by atoms with Gasteiger partial charge in [-0.1, -0.05) is 19.3 Å². The number of nitrogens with zero attached hydrogens (tertiary/aromatic N) is 4. The van der Waals surface area contributed by atoms with Gasteiger partial charge in [0, 0.05) is 42.8 Å². The first-order valence-electron chi connectivity index (χ1n) is 12.3. The number of benzene rings is 1. The molecule has 0 spiro atoms. The normalized spacial score (nSPS) is 18.5. The average molecular weight is 482 g/mol. The number of anilines is 3. The second-order valence-electron chi connectivity index (χ2n) is 9.38. The predicted octanol–water partition coefficient (Wildman–Crippen LogP) is 3.05. The third-order valence-corrected chi connectivity index (χ3v) is 7.51. The van der Waals surface area contributed by atoms with Crippen molar-refractivity contribution in [3.8, 4) is 17.2 Å². The highest BCUT2D eigenvalue weighted by molar-refractivity contribution is 6.05. The van der Waals surface area contributed by atoms with Crippen LogP contribution in [0.15, 0.2) is 24.4 Å². The van der Waals surface area contributed by atoms with E-state index in [1.807, 2.05) is 29.0 Å². The van der Waals surface area contributed by atoms with Crippen LogP contribution in [-0.4, -0.2) is 72.3 Å². The summed E-state index contributed by atoms with van der Waals surface area (Å²) in [5.74, 6) is 2.85. The van der Waals surface area contributed by atoms with E-state index in [1.54, 1.807) is 14.2 Å². The molecule has 188 valence electrons. The van der Waals surface area contributed by atoms with Gasteiger partial charge in [-0.3, -0.25) is 9.47 Å². The minimum Gasteiger partial charge on any atom is -0.497 e. The number of nitrogens with one attached hydrogen (secondary N) is 1. The molecule has 1 aromatic carbocycles. The Labute approximate surface area is 205 Å². The molecule has 0 atom stereocenters. The van der Waals surface area contributed by atoms with E-state index in [9.17, 15) is 0 Å². The number of hydrogen-bond acceptors (Lipinski definition) is 9. The van der Waals surface area contributed by atoms with Crippen molar-refractivity contribution in [3.05, 3.63) is 24.4 Å². The van der Waals surface area contributed by atoms with Crippen molar-refractivity contribution in [3.63, 3.8) is 0 Å². The maximum absolute atomic E-state index is 6.71. The number of fused-ring (bicyclic) bond motifs is 1. The topological polar surface area (TPSA) is 126 Å². The van der Waals surface area contributed by atoms with E-state index >= 15 is 0 Å². The molecule has 2 aromatic heterocycles. The van der Waals surface area contributed by atoms with Crippen LogP contribution in [0.1, 0.15) is 32.1 Å². The van der Waals surface area contributed by atoms with E-state index < -0.39 is 0 Å². The van der Waals surface area contributed by atoms with E-state index in [4.69, 9.17) is 25.7 Å². The van der Waals surface area contributed by atoms with Crippen LogP contribution in [-0.2, 0) is 4.74 Å². The smallest absolute Gasteiger partial charge is 0.160 e. The monoisotopic (exact) mass is 481 g/mol. The maximum Gasteiger partial charge on any atom is 0.160 e. The van der Waals surface area contributed by atoms with Crippen molar-refractivity contribution in [2.45, 2.75) is 37.6 Å². The molecule has 35 heavy (non-hydrogen) atoms. The quantitative estimate of drug-likeness (QED) is 0.467. The molecule has 0 unspecified atom stereocenters. The van der Waals surface area contributed by atoms with E-state index in [-0.39, 0.29) is 5.54 Å². The molecular weight excluding hydrogens is 446 g/mol. The average Bonchev–Trinajstić information content (AvgIpc) is 3.27. The minimum absolute atomic E-state index is 0.0773. The van der Waals surface area contributed by atoms with Crippen molar-refractivity contribution in [2.24, 2.45) is 0 Å². The van der Waals surface area contributed by atoms with Gasteiger partial charge in [-0.2, -0.15) is 0 Å². The summed E-state index contributed by atoms with van der Waals surface area (Å²) < 4.78 is 18.4. The van der Waals surface area contributed by atoms with Gasteiger partial charge in [0.25, 0.3) is 0 Å². The zero-order chi connectivity index (χ0) is 24.4. The number of nitrogens with two attached hydrogens (primary N) is 2. The Hall–Kier alpha value is -3.24. The lowest BCUT2D eigenvalue weighted by molar-refractivity contribution is -0.0318. The van der Waals surface area contributed by atoms with Crippen LogP contribution in [0.5, 0.6) is 11.5 Å². The van der Waals surface area contributed by atoms with Crippen LogP contribution in [0.2, 0.25) is 0 Å². The number of nitrogen functional groups attached to an aromatic ring is 2. The molecular formula is C25H35N7O3. The zero-order valence-electron chi connectivity index (χ0n) is 20.5. The molecule has 2 aliphatic rings. The maximum atomic E-state index is 6.71. The van der Waals surface area contributed by atoms with E-state index in [1.165, 1.54) is 19.3 Å². The fraction of sp³-hybridized carbons (Fsp3) is 0.520. The van der Waals surface area contributed by atoms with Crippen LogP contribution in [0.4, 0.5) is 17.5 Å². The van der Waals surface area contributed by atoms with Crippen LogP contribution >= 0.6 is 0 Å². The third kappa shape index (κ3) is 4.32. The fourth-order valence-electron chi connectivity index (χ4n) is 5.58. The van der Waals surface area contributed by atoms with Gasteiger partial charge in [0.2, 0.25) is 0 Å². The number of ether oxygens (including phenoxy) is 3. The van der Waals surface area contributed by atoms with Gasteiger partial charge in [0.15, 0.2) is 11.6 Å². The first kappa shape index (κ1) is 23.5. The zero-order valence-corrected chi connectivity index (χ0v) is 20.5. The van der Waals surface area contributed by atoms with E-state index in [0.29, 0.717) is 29.0 Å². The number of methoxy groups -OCH3 is 2. The summed E-state index contributed by atoms with van der Waals surface area (Å²) in [6, 6.07) is 5.61. The molecule has 0 bridgehead atoms. The SMILES string of the molecule is COc1ccc(-n2cc3c(N)nnc(NCC4(N5CCOCC5)CCCCC4)c3c2N)c(OC)c1. The molecule has 10 heteroatoms. The van der Waals surface area contributed by atoms with Crippen LogP contribution in [0, 0.1) is 0 Å². The summed E-state index contributed by atoms with van der Waals surface area (Å²) in [6.45, 7) is 4.26. The van der Waals surface area contributed by atoms with Crippen LogP contribution in [0.3, 0.4) is 0 Å². The molecule has 3 aromatic rings. The molecule has 10 nitrogen and oxygen atoms in total. The first-order chi connectivity index (χ1) is 17.1. The molecule has 5 rings (SSSR count). The lowest BCUT2D eigenvalue weighted by atomic mass is 9.79. The second-order valence-corrected chi connectivity index (χ2v) is 9.38. The highest BCUT2D eigenvalue weighted by Crippen LogP contribution is 2.39. The first-order valence-corrected chi connectivity index (χ1v) is 12.3. The van der Waals surface area contributed by atoms with Crippen molar-refractivity contribution in [1.82, 2.24) is 19.7 Å². The van der Waals surface area contributed by atoms with E-state index in [2.05, 4.69) is 20.4 Å². The van der Waals surface area contributed by atoms with Gasteiger partial charge in [-0.15, -0.1) is 10.2 Å². The molecule has 5 N–H and O–H groups in total. The highest BCUT2D eigenvalue weighted by atomic mass is 16.5.